The van der Waals surface area contributed by atoms with E-state index in [4.69, 9.17) is 4.74 Å². The van der Waals surface area contributed by atoms with Crippen LogP contribution in [0.15, 0.2) is 69.3 Å². The average molecular weight is 442 g/mol. The maximum atomic E-state index is 9.87. The van der Waals surface area contributed by atoms with Gasteiger partial charge in [0.2, 0.25) is 9.79 Å². The average Bonchev–Trinajstić information content (AvgIpc) is 2.57. The van der Waals surface area contributed by atoms with Crippen LogP contribution in [0.3, 0.4) is 0 Å². The van der Waals surface area contributed by atoms with Crippen LogP contribution in [0.25, 0.3) is 0 Å². The minimum atomic E-state index is -10.7. The van der Waals surface area contributed by atoms with E-state index >= 15 is 0 Å². The molecule has 1 nitrogen and oxygen atoms in total. The van der Waals surface area contributed by atoms with Crippen LogP contribution >= 0.6 is 7.81 Å². The van der Waals surface area contributed by atoms with Gasteiger partial charge in [-0.05, 0) is 43.2 Å². The van der Waals surface area contributed by atoms with Gasteiger partial charge >= 0.3 is 33.0 Å². The summed E-state index contributed by atoms with van der Waals surface area (Å²) >= 11 is 0. The van der Waals surface area contributed by atoms with Crippen molar-refractivity contribution < 1.29 is 29.9 Å². The Bertz CT molecular complexity index is 807. The zero-order valence-electron chi connectivity index (χ0n) is 15.3. The van der Waals surface area contributed by atoms with Gasteiger partial charge in [0.05, 0.1) is 0 Å². The zero-order chi connectivity index (χ0) is 21.1. The Morgan fingerprint density at radius 3 is 1.75 bits per heavy atom. The van der Waals surface area contributed by atoms with Crippen molar-refractivity contribution in [1.82, 2.24) is 0 Å². The molecule has 3 rings (SSSR count). The SMILES string of the molecule is CCCC/C=C(/C)[S+]1c2ccccc2Oc2ccccc21.F[P-](F)(F)(F)(F)F. The predicted molar refractivity (Wildman–Crippen MR) is 104 cm³/mol. The normalized spacial score (nSPS) is 16.5. The van der Waals surface area contributed by atoms with Gasteiger partial charge < -0.3 is 4.74 Å². The zero-order valence-corrected chi connectivity index (χ0v) is 17.1. The first kappa shape index (κ1) is 22.6. The van der Waals surface area contributed by atoms with Crippen molar-refractivity contribution >= 4 is 18.7 Å². The third-order valence-electron chi connectivity index (χ3n) is 3.67. The van der Waals surface area contributed by atoms with Gasteiger partial charge in [-0.2, -0.15) is 0 Å². The number of rotatable bonds is 4. The fourth-order valence-electron chi connectivity index (χ4n) is 2.58. The number of para-hydroxylation sites is 2. The van der Waals surface area contributed by atoms with Gasteiger partial charge in [-0.1, -0.05) is 37.6 Å². The van der Waals surface area contributed by atoms with Crippen LogP contribution in [-0.2, 0) is 10.9 Å². The molecule has 0 amide bonds. The molecule has 2 aromatic carbocycles. The third kappa shape index (κ3) is 7.76. The first-order chi connectivity index (χ1) is 12.8. The maximum absolute atomic E-state index is 10.7. The minimum absolute atomic E-state index is 0.00664. The summed E-state index contributed by atoms with van der Waals surface area (Å²) in [6.07, 6.45) is 6.07. The molecule has 0 bridgehead atoms. The Balaban J connectivity index is 0.000000345. The second-order valence-corrected chi connectivity index (χ2v) is 10.3. The summed E-state index contributed by atoms with van der Waals surface area (Å²) in [4.78, 5) is 4.06. The molecular weight excluding hydrogens is 421 g/mol. The van der Waals surface area contributed by atoms with Crippen molar-refractivity contribution in [1.29, 1.82) is 0 Å². The monoisotopic (exact) mass is 442 g/mol. The van der Waals surface area contributed by atoms with Crippen molar-refractivity contribution in [2.24, 2.45) is 0 Å². The first-order valence-electron chi connectivity index (χ1n) is 8.59. The molecule has 0 spiro atoms. The Kier molecular flexibility index (Phi) is 6.17. The first-order valence-corrected chi connectivity index (χ1v) is 11.8. The van der Waals surface area contributed by atoms with Crippen LogP contribution in [0.5, 0.6) is 11.5 Å². The molecule has 9 heteroatoms. The number of allylic oxidation sites excluding steroid dienone is 2. The molecule has 28 heavy (non-hydrogen) atoms. The summed E-state index contributed by atoms with van der Waals surface area (Å²) in [5, 5.41) is 0. The number of fused-ring (bicyclic) bond motifs is 2. The van der Waals surface area contributed by atoms with Crippen LogP contribution in [-0.4, -0.2) is 0 Å². The van der Waals surface area contributed by atoms with E-state index in [1.807, 2.05) is 12.1 Å². The van der Waals surface area contributed by atoms with E-state index in [1.165, 1.54) is 27.5 Å². The second-order valence-electron chi connectivity index (χ2n) is 6.22. The molecule has 0 atom stereocenters. The van der Waals surface area contributed by atoms with E-state index in [9.17, 15) is 25.2 Å². The van der Waals surface area contributed by atoms with Crippen molar-refractivity contribution in [3.8, 4) is 11.5 Å². The molecule has 0 N–H and O–H groups in total. The predicted octanol–water partition coefficient (Wildman–Crippen LogP) is 9.30. The molecule has 156 valence electrons. The molecule has 0 radical (unpaired) electrons. The number of ether oxygens (including phenoxy) is 1. The third-order valence-corrected chi connectivity index (χ3v) is 6.03. The molecule has 0 saturated heterocycles. The molecule has 1 aliphatic rings. The Morgan fingerprint density at radius 2 is 1.32 bits per heavy atom. The summed E-state index contributed by atoms with van der Waals surface area (Å²) in [5.41, 5.74) is 0. The van der Waals surface area contributed by atoms with Crippen molar-refractivity contribution in [3.63, 3.8) is 0 Å². The number of halogens is 6. The van der Waals surface area contributed by atoms with Gasteiger partial charge in [0.25, 0.3) is 0 Å². The standard InChI is InChI=1S/C19H21OS.F6P/c1-3-4-5-10-15(2)21-18-13-8-6-11-16(18)20-17-12-7-9-14-19(17)21;1-7(2,3,4,5)6/h6-14H,3-5H2,1-2H3;/q+1;-1/b15-10-;. The number of unbranched alkanes of at least 4 members (excludes halogenated alkanes) is 2. The van der Waals surface area contributed by atoms with E-state index < -0.39 is 7.81 Å². The number of hydrogen-bond acceptors (Lipinski definition) is 1. The molecule has 0 fully saturated rings. The van der Waals surface area contributed by atoms with Crippen LogP contribution in [0, 0.1) is 0 Å². The molecule has 1 aliphatic heterocycles. The van der Waals surface area contributed by atoms with Gasteiger partial charge in [-0.25, -0.2) is 0 Å². The van der Waals surface area contributed by atoms with E-state index in [-0.39, 0.29) is 10.9 Å². The van der Waals surface area contributed by atoms with Crippen molar-refractivity contribution in [2.75, 3.05) is 0 Å². The fourth-order valence-corrected chi connectivity index (χ4v) is 4.85. The second kappa shape index (κ2) is 7.64. The Hall–Kier alpha value is -1.66. The summed E-state index contributed by atoms with van der Waals surface area (Å²) in [6, 6.07) is 16.9. The van der Waals surface area contributed by atoms with E-state index in [0.29, 0.717) is 0 Å². The van der Waals surface area contributed by atoms with Gasteiger partial charge in [-0.15, -0.1) is 0 Å². The van der Waals surface area contributed by atoms with Crippen LogP contribution in [0.2, 0.25) is 0 Å². The summed E-state index contributed by atoms with van der Waals surface area (Å²) in [6.45, 7) is 4.50. The molecular formula is C19H21F6OPS. The summed E-state index contributed by atoms with van der Waals surface area (Å²) < 4.78 is 65.3. The van der Waals surface area contributed by atoms with Gasteiger partial charge in [0.15, 0.2) is 11.5 Å². The number of benzene rings is 2. The summed E-state index contributed by atoms with van der Waals surface area (Å²) in [7, 11) is -10.7. The molecule has 0 unspecified atom stereocenters. The molecule has 2 aromatic rings. The van der Waals surface area contributed by atoms with Gasteiger partial charge in [0, 0.05) is 6.92 Å². The Labute approximate surface area is 163 Å². The molecule has 0 saturated carbocycles. The molecule has 0 aromatic heterocycles. The van der Waals surface area contributed by atoms with E-state index in [1.54, 1.807) is 0 Å². The summed E-state index contributed by atoms with van der Waals surface area (Å²) in [5.74, 6) is 2.01. The van der Waals surface area contributed by atoms with Crippen LogP contribution in [0.4, 0.5) is 25.2 Å². The van der Waals surface area contributed by atoms with Gasteiger partial charge in [0.1, 0.15) is 15.8 Å². The quantitative estimate of drug-likeness (QED) is 0.198. The molecule has 0 aliphatic carbocycles. The van der Waals surface area contributed by atoms with E-state index in [2.05, 4.69) is 56.3 Å². The van der Waals surface area contributed by atoms with Gasteiger partial charge in [-0.3, -0.25) is 0 Å². The van der Waals surface area contributed by atoms with Crippen molar-refractivity contribution in [3.05, 3.63) is 59.5 Å². The van der Waals surface area contributed by atoms with Crippen LogP contribution < -0.4 is 4.74 Å². The molecule has 1 heterocycles. The number of hydrogen-bond donors (Lipinski definition) is 0. The topological polar surface area (TPSA) is 9.23 Å². The Morgan fingerprint density at radius 1 is 0.893 bits per heavy atom. The van der Waals surface area contributed by atoms with Crippen molar-refractivity contribution in [2.45, 2.75) is 42.9 Å². The van der Waals surface area contributed by atoms with Crippen LogP contribution in [0.1, 0.15) is 33.1 Å². The van der Waals surface area contributed by atoms with E-state index in [0.717, 1.165) is 17.9 Å². The fraction of sp³-hybridized carbons (Fsp3) is 0.263.